The van der Waals surface area contributed by atoms with E-state index in [1.54, 1.807) is 0 Å². The second kappa shape index (κ2) is 5.61. The summed E-state index contributed by atoms with van der Waals surface area (Å²) in [5.74, 6) is 0.832. The molecule has 0 radical (unpaired) electrons. The topological polar surface area (TPSA) is 38.0 Å². The van der Waals surface area contributed by atoms with Crippen molar-refractivity contribution in [3.63, 3.8) is 0 Å². The summed E-state index contributed by atoms with van der Waals surface area (Å²) in [6.07, 6.45) is 6.42. The minimum atomic E-state index is 0.416. The number of nitrogens with two attached hydrogens (primary N) is 1. The SMILES string of the molecule is CC(C)CCCNC1CCCC1N. The molecule has 2 nitrogen and oxygen atoms in total. The molecule has 3 N–H and O–H groups in total. The van der Waals surface area contributed by atoms with Gasteiger partial charge in [0.25, 0.3) is 0 Å². The Hall–Kier alpha value is -0.0800. The summed E-state index contributed by atoms with van der Waals surface area (Å²) in [5, 5.41) is 3.56. The van der Waals surface area contributed by atoms with Gasteiger partial charge < -0.3 is 11.1 Å². The third-order valence-corrected chi connectivity index (χ3v) is 2.93. The lowest BCUT2D eigenvalue weighted by molar-refractivity contribution is 0.449. The summed E-state index contributed by atoms with van der Waals surface area (Å²) in [6.45, 7) is 5.71. The van der Waals surface area contributed by atoms with E-state index in [9.17, 15) is 0 Å². The first-order valence-corrected chi connectivity index (χ1v) is 5.69. The van der Waals surface area contributed by atoms with Gasteiger partial charge in [0.1, 0.15) is 0 Å². The van der Waals surface area contributed by atoms with Crippen LogP contribution in [0.1, 0.15) is 46.0 Å². The van der Waals surface area contributed by atoms with Gasteiger partial charge in [0.2, 0.25) is 0 Å². The van der Waals surface area contributed by atoms with Crippen LogP contribution in [0.15, 0.2) is 0 Å². The van der Waals surface area contributed by atoms with Crippen LogP contribution in [0.5, 0.6) is 0 Å². The van der Waals surface area contributed by atoms with Gasteiger partial charge in [-0.15, -0.1) is 0 Å². The van der Waals surface area contributed by atoms with Gasteiger partial charge >= 0.3 is 0 Å². The van der Waals surface area contributed by atoms with E-state index in [1.165, 1.54) is 32.1 Å². The standard InChI is InChI=1S/C11H24N2/c1-9(2)5-4-8-13-11-7-3-6-10(11)12/h9-11,13H,3-8,12H2,1-2H3. The van der Waals surface area contributed by atoms with Crippen LogP contribution in [0.3, 0.4) is 0 Å². The summed E-state index contributed by atoms with van der Waals surface area (Å²) in [5.41, 5.74) is 5.96. The maximum Gasteiger partial charge on any atom is 0.0219 e. The molecule has 2 atom stereocenters. The molecule has 13 heavy (non-hydrogen) atoms. The van der Waals surface area contributed by atoms with Crippen LogP contribution in [-0.2, 0) is 0 Å². The van der Waals surface area contributed by atoms with E-state index in [2.05, 4.69) is 19.2 Å². The minimum absolute atomic E-state index is 0.416. The molecule has 0 aromatic heterocycles. The van der Waals surface area contributed by atoms with Gasteiger partial charge in [-0.2, -0.15) is 0 Å². The van der Waals surface area contributed by atoms with Crippen molar-refractivity contribution in [3.8, 4) is 0 Å². The number of hydrogen-bond acceptors (Lipinski definition) is 2. The Morgan fingerprint density at radius 1 is 1.38 bits per heavy atom. The third kappa shape index (κ3) is 4.10. The molecular formula is C11H24N2. The predicted molar refractivity (Wildman–Crippen MR) is 57.7 cm³/mol. The summed E-state index contributed by atoms with van der Waals surface area (Å²) < 4.78 is 0. The Kier molecular flexibility index (Phi) is 4.74. The van der Waals surface area contributed by atoms with Gasteiger partial charge in [-0.25, -0.2) is 0 Å². The maximum atomic E-state index is 5.96. The highest BCUT2D eigenvalue weighted by Crippen LogP contribution is 2.17. The molecule has 0 heterocycles. The average Bonchev–Trinajstić information content (AvgIpc) is 2.45. The first-order valence-electron chi connectivity index (χ1n) is 5.69. The highest BCUT2D eigenvalue weighted by Gasteiger charge is 2.22. The van der Waals surface area contributed by atoms with E-state index in [0.29, 0.717) is 12.1 Å². The maximum absolute atomic E-state index is 5.96. The summed E-state index contributed by atoms with van der Waals surface area (Å²) in [4.78, 5) is 0. The monoisotopic (exact) mass is 184 g/mol. The van der Waals surface area contributed by atoms with Crippen LogP contribution >= 0.6 is 0 Å². The normalized spacial score (nSPS) is 28.6. The van der Waals surface area contributed by atoms with Crippen molar-refractivity contribution in [1.82, 2.24) is 5.32 Å². The number of rotatable bonds is 5. The Bertz CT molecular complexity index is 134. The van der Waals surface area contributed by atoms with E-state index >= 15 is 0 Å². The van der Waals surface area contributed by atoms with Crippen LogP contribution in [0.25, 0.3) is 0 Å². The highest BCUT2D eigenvalue weighted by atomic mass is 15.0. The Morgan fingerprint density at radius 3 is 2.69 bits per heavy atom. The fourth-order valence-corrected chi connectivity index (χ4v) is 2.04. The summed E-state index contributed by atoms with van der Waals surface area (Å²) in [6, 6.07) is 1.02. The summed E-state index contributed by atoms with van der Waals surface area (Å²) >= 11 is 0. The van der Waals surface area contributed by atoms with Gasteiger partial charge in [-0.05, 0) is 38.1 Å². The number of nitrogens with one attached hydrogen (secondary N) is 1. The molecule has 1 rings (SSSR count). The lowest BCUT2D eigenvalue weighted by Gasteiger charge is -2.17. The smallest absolute Gasteiger partial charge is 0.0219 e. The largest absolute Gasteiger partial charge is 0.326 e. The van der Waals surface area contributed by atoms with Crippen molar-refractivity contribution in [3.05, 3.63) is 0 Å². The van der Waals surface area contributed by atoms with E-state index in [-0.39, 0.29) is 0 Å². The fraction of sp³-hybridized carbons (Fsp3) is 1.00. The van der Waals surface area contributed by atoms with Crippen molar-refractivity contribution in [2.45, 2.75) is 58.0 Å². The van der Waals surface area contributed by atoms with Crippen LogP contribution in [0.2, 0.25) is 0 Å². The van der Waals surface area contributed by atoms with Gasteiger partial charge in [0.05, 0.1) is 0 Å². The molecular weight excluding hydrogens is 160 g/mol. The molecule has 0 aromatic rings. The molecule has 2 unspecified atom stereocenters. The second-order valence-electron chi connectivity index (χ2n) is 4.69. The molecule has 2 heteroatoms. The molecule has 0 bridgehead atoms. The average molecular weight is 184 g/mol. The Labute approximate surface area is 82.3 Å². The molecule has 0 spiro atoms. The van der Waals surface area contributed by atoms with Crippen molar-refractivity contribution in [2.24, 2.45) is 11.7 Å². The predicted octanol–water partition coefficient (Wildman–Crippen LogP) is 1.89. The summed E-state index contributed by atoms with van der Waals surface area (Å²) in [7, 11) is 0. The third-order valence-electron chi connectivity index (χ3n) is 2.93. The van der Waals surface area contributed by atoms with Gasteiger partial charge in [-0.1, -0.05) is 20.3 Å². The zero-order valence-corrected chi connectivity index (χ0v) is 9.05. The second-order valence-corrected chi connectivity index (χ2v) is 4.69. The van der Waals surface area contributed by atoms with Crippen molar-refractivity contribution >= 4 is 0 Å². The molecule has 1 aliphatic carbocycles. The molecule has 1 fully saturated rings. The first-order chi connectivity index (χ1) is 6.20. The van der Waals surface area contributed by atoms with Crippen molar-refractivity contribution in [1.29, 1.82) is 0 Å². The minimum Gasteiger partial charge on any atom is -0.326 e. The molecule has 0 amide bonds. The quantitative estimate of drug-likeness (QED) is 0.640. The molecule has 1 aliphatic rings. The molecule has 1 saturated carbocycles. The van der Waals surface area contributed by atoms with Crippen LogP contribution in [0, 0.1) is 5.92 Å². The molecule has 78 valence electrons. The van der Waals surface area contributed by atoms with Crippen molar-refractivity contribution < 1.29 is 0 Å². The van der Waals surface area contributed by atoms with E-state index in [1.807, 2.05) is 0 Å². The van der Waals surface area contributed by atoms with Crippen LogP contribution in [-0.4, -0.2) is 18.6 Å². The van der Waals surface area contributed by atoms with Gasteiger partial charge in [-0.3, -0.25) is 0 Å². The van der Waals surface area contributed by atoms with E-state index < -0.39 is 0 Å². The number of hydrogen-bond donors (Lipinski definition) is 2. The highest BCUT2D eigenvalue weighted by molar-refractivity contribution is 4.85. The first kappa shape index (κ1) is 11.0. The van der Waals surface area contributed by atoms with Gasteiger partial charge in [0.15, 0.2) is 0 Å². The van der Waals surface area contributed by atoms with E-state index in [0.717, 1.165) is 12.5 Å². The Morgan fingerprint density at radius 2 is 2.15 bits per heavy atom. The molecule has 0 aliphatic heterocycles. The fourth-order valence-electron chi connectivity index (χ4n) is 2.04. The van der Waals surface area contributed by atoms with E-state index in [4.69, 9.17) is 5.73 Å². The molecule has 0 aromatic carbocycles. The van der Waals surface area contributed by atoms with Crippen LogP contribution < -0.4 is 11.1 Å². The molecule has 0 saturated heterocycles. The lowest BCUT2D eigenvalue weighted by atomic mass is 10.1. The zero-order chi connectivity index (χ0) is 9.68. The lowest BCUT2D eigenvalue weighted by Crippen LogP contribution is -2.41. The Balaban J connectivity index is 1.99. The van der Waals surface area contributed by atoms with Gasteiger partial charge in [0, 0.05) is 12.1 Å². The van der Waals surface area contributed by atoms with Crippen LogP contribution in [0.4, 0.5) is 0 Å². The zero-order valence-electron chi connectivity index (χ0n) is 9.05. The van der Waals surface area contributed by atoms with Crippen molar-refractivity contribution in [2.75, 3.05) is 6.54 Å².